The molecule has 100 valence electrons. The lowest BCUT2D eigenvalue weighted by molar-refractivity contribution is 0.326. The lowest BCUT2D eigenvalue weighted by Crippen LogP contribution is -2.28. The van der Waals surface area contributed by atoms with Gasteiger partial charge in [-0.05, 0) is 32.4 Å². The zero-order valence-corrected chi connectivity index (χ0v) is 11.7. The quantitative estimate of drug-likeness (QED) is 0.910. The molecule has 2 rings (SSSR count). The van der Waals surface area contributed by atoms with Gasteiger partial charge in [-0.25, -0.2) is 0 Å². The van der Waals surface area contributed by atoms with E-state index in [1.165, 1.54) is 18.4 Å². The number of benzene rings is 1. The number of methoxy groups -OCH3 is 1. The first-order valence-electron chi connectivity index (χ1n) is 6.47. The Kier molecular flexibility index (Phi) is 4.72. The molecule has 1 aromatic carbocycles. The van der Waals surface area contributed by atoms with Crippen molar-refractivity contribution in [2.24, 2.45) is 0 Å². The molecule has 1 N–H and O–H groups in total. The van der Waals surface area contributed by atoms with Crippen LogP contribution in [0.25, 0.3) is 0 Å². The van der Waals surface area contributed by atoms with Gasteiger partial charge in [-0.15, -0.1) is 0 Å². The third-order valence-corrected chi connectivity index (χ3v) is 3.62. The molecule has 1 unspecified atom stereocenters. The Morgan fingerprint density at radius 1 is 1.39 bits per heavy atom. The standard InChI is InChI=1S/C14H20ClNO2/c1-3-18-13-8-14(17-2)12(15)7-11(13)10-5-4-6-16-9-10/h7-8,10,16H,3-6,9H2,1-2H3. The first-order chi connectivity index (χ1) is 8.76. The van der Waals surface area contributed by atoms with Crippen molar-refractivity contribution in [3.8, 4) is 11.5 Å². The van der Waals surface area contributed by atoms with Crippen LogP contribution in [-0.2, 0) is 0 Å². The van der Waals surface area contributed by atoms with Crippen molar-refractivity contribution in [3.05, 3.63) is 22.7 Å². The second-order valence-corrected chi connectivity index (χ2v) is 4.91. The molecule has 0 spiro atoms. The largest absolute Gasteiger partial charge is 0.495 e. The molecule has 1 heterocycles. The molecule has 3 nitrogen and oxygen atoms in total. The summed E-state index contributed by atoms with van der Waals surface area (Å²) < 4.78 is 11.0. The third-order valence-electron chi connectivity index (χ3n) is 3.32. The zero-order valence-electron chi connectivity index (χ0n) is 11.0. The molecular formula is C14H20ClNO2. The number of hydrogen-bond donors (Lipinski definition) is 1. The Bertz CT molecular complexity index is 403. The van der Waals surface area contributed by atoms with Crippen molar-refractivity contribution in [2.75, 3.05) is 26.8 Å². The van der Waals surface area contributed by atoms with E-state index in [1.54, 1.807) is 7.11 Å². The lowest BCUT2D eigenvalue weighted by atomic mass is 9.91. The van der Waals surface area contributed by atoms with Crippen molar-refractivity contribution < 1.29 is 9.47 Å². The number of halogens is 1. The van der Waals surface area contributed by atoms with Gasteiger partial charge in [0.15, 0.2) is 0 Å². The molecule has 0 aromatic heterocycles. The highest BCUT2D eigenvalue weighted by molar-refractivity contribution is 6.32. The summed E-state index contributed by atoms with van der Waals surface area (Å²) in [6.07, 6.45) is 2.37. The van der Waals surface area contributed by atoms with E-state index in [1.807, 2.05) is 19.1 Å². The Labute approximate surface area is 113 Å². The maximum absolute atomic E-state index is 6.22. The maximum Gasteiger partial charge on any atom is 0.141 e. The second kappa shape index (κ2) is 6.30. The van der Waals surface area contributed by atoms with E-state index in [-0.39, 0.29) is 0 Å². The van der Waals surface area contributed by atoms with E-state index in [2.05, 4.69) is 5.32 Å². The fraction of sp³-hybridized carbons (Fsp3) is 0.571. The summed E-state index contributed by atoms with van der Waals surface area (Å²) in [5.41, 5.74) is 1.19. The fourth-order valence-corrected chi connectivity index (χ4v) is 2.67. The molecule has 0 bridgehead atoms. The lowest BCUT2D eigenvalue weighted by Gasteiger charge is -2.25. The predicted molar refractivity (Wildman–Crippen MR) is 74.0 cm³/mol. The van der Waals surface area contributed by atoms with Crippen LogP contribution < -0.4 is 14.8 Å². The molecule has 0 aliphatic carbocycles. The molecule has 1 aliphatic heterocycles. The van der Waals surface area contributed by atoms with Crippen LogP contribution in [0.4, 0.5) is 0 Å². The van der Waals surface area contributed by atoms with Crippen molar-refractivity contribution in [1.29, 1.82) is 0 Å². The van der Waals surface area contributed by atoms with Gasteiger partial charge in [-0.1, -0.05) is 11.6 Å². The molecule has 0 radical (unpaired) electrons. The van der Waals surface area contributed by atoms with E-state index in [0.29, 0.717) is 23.3 Å². The number of rotatable bonds is 4. The van der Waals surface area contributed by atoms with Crippen LogP contribution in [-0.4, -0.2) is 26.8 Å². The van der Waals surface area contributed by atoms with Gasteiger partial charge in [0.2, 0.25) is 0 Å². The average molecular weight is 270 g/mol. The smallest absolute Gasteiger partial charge is 0.141 e. The van der Waals surface area contributed by atoms with Gasteiger partial charge < -0.3 is 14.8 Å². The van der Waals surface area contributed by atoms with Crippen LogP contribution in [0.1, 0.15) is 31.2 Å². The monoisotopic (exact) mass is 269 g/mol. The van der Waals surface area contributed by atoms with Gasteiger partial charge in [0.05, 0.1) is 18.7 Å². The normalized spacial score (nSPS) is 19.6. The highest BCUT2D eigenvalue weighted by Crippen LogP contribution is 2.38. The molecule has 1 saturated heterocycles. The maximum atomic E-state index is 6.22. The topological polar surface area (TPSA) is 30.5 Å². The summed E-state index contributed by atoms with van der Waals surface area (Å²) in [6.45, 7) is 4.73. The molecule has 0 amide bonds. The van der Waals surface area contributed by atoms with Gasteiger partial charge in [0.1, 0.15) is 11.5 Å². The molecule has 1 aliphatic rings. The number of nitrogens with one attached hydrogen (secondary N) is 1. The van der Waals surface area contributed by atoms with E-state index in [9.17, 15) is 0 Å². The highest BCUT2D eigenvalue weighted by atomic mass is 35.5. The predicted octanol–water partition coefficient (Wildman–Crippen LogP) is 3.21. The van der Waals surface area contributed by atoms with Crippen molar-refractivity contribution in [2.45, 2.75) is 25.7 Å². The van der Waals surface area contributed by atoms with Gasteiger partial charge in [0.25, 0.3) is 0 Å². The van der Waals surface area contributed by atoms with Crippen LogP contribution in [0.3, 0.4) is 0 Å². The van der Waals surface area contributed by atoms with Crippen LogP contribution >= 0.6 is 11.6 Å². The van der Waals surface area contributed by atoms with Gasteiger partial charge in [0, 0.05) is 24.1 Å². The van der Waals surface area contributed by atoms with E-state index >= 15 is 0 Å². The molecular weight excluding hydrogens is 250 g/mol. The van der Waals surface area contributed by atoms with Gasteiger partial charge in [-0.2, -0.15) is 0 Å². The summed E-state index contributed by atoms with van der Waals surface area (Å²) in [4.78, 5) is 0. The molecule has 4 heteroatoms. The van der Waals surface area contributed by atoms with Crippen LogP contribution in [0, 0.1) is 0 Å². The third kappa shape index (κ3) is 2.90. The van der Waals surface area contributed by atoms with Crippen LogP contribution in [0.5, 0.6) is 11.5 Å². The zero-order chi connectivity index (χ0) is 13.0. The molecule has 0 saturated carbocycles. The summed E-state index contributed by atoms with van der Waals surface area (Å²) >= 11 is 6.22. The summed E-state index contributed by atoms with van der Waals surface area (Å²) in [5, 5.41) is 4.08. The second-order valence-electron chi connectivity index (χ2n) is 4.50. The molecule has 1 fully saturated rings. The summed E-state index contributed by atoms with van der Waals surface area (Å²) in [7, 11) is 1.62. The Morgan fingerprint density at radius 2 is 2.22 bits per heavy atom. The van der Waals surface area contributed by atoms with Crippen molar-refractivity contribution in [3.63, 3.8) is 0 Å². The van der Waals surface area contributed by atoms with Crippen LogP contribution in [0.2, 0.25) is 5.02 Å². The highest BCUT2D eigenvalue weighted by Gasteiger charge is 2.21. The fourth-order valence-electron chi connectivity index (χ4n) is 2.42. The molecule has 18 heavy (non-hydrogen) atoms. The number of hydrogen-bond acceptors (Lipinski definition) is 3. The minimum absolute atomic E-state index is 0.476. The van der Waals surface area contributed by atoms with E-state index < -0.39 is 0 Å². The van der Waals surface area contributed by atoms with E-state index in [0.717, 1.165) is 18.8 Å². The SMILES string of the molecule is CCOc1cc(OC)c(Cl)cc1C1CCCNC1. The summed E-state index contributed by atoms with van der Waals surface area (Å²) in [5.74, 6) is 2.05. The van der Waals surface area contributed by atoms with Gasteiger partial charge >= 0.3 is 0 Å². The Balaban J connectivity index is 2.33. The number of ether oxygens (including phenoxy) is 2. The first kappa shape index (κ1) is 13.5. The Morgan fingerprint density at radius 3 is 2.83 bits per heavy atom. The van der Waals surface area contributed by atoms with Crippen molar-refractivity contribution in [1.82, 2.24) is 5.32 Å². The van der Waals surface area contributed by atoms with E-state index in [4.69, 9.17) is 21.1 Å². The first-order valence-corrected chi connectivity index (χ1v) is 6.85. The minimum atomic E-state index is 0.476. The minimum Gasteiger partial charge on any atom is -0.495 e. The molecule has 1 atom stereocenters. The van der Waals surface area contributed by atoms with Gasteiger partial charge in [-0.3, -0.25) is 0 Å². The Hall–Kier alpha value is -0.930. The average Bonchev–Trinajstić information content (AvgIpc) is 2.41. The van der Waals surface area contributed by atoms with Crippen LogP contribution in [0.15, 0.2) is 12.1 Å². The molecule has 1 aromatic rings. The summed E-state index contributed by atoms with van der Waals surface area (Å²) in [6, 6.07) is 3.89. The van der Waals surface area contributed by atoms with Crippen molar-refractivity contribution >= 4 is 11.6 Å². The number of piperidine rings is 1.